The number of carbonyl (C=O) groups excluding carboxylic acids is 2. The van der Waals surface area contributed by atoms with Crippen LogP contribution in [0.25, 0.3) is 0 Å². The first-order valence-electron chi connectivity index (χ1n) is 7.13. The number of benzene rings is 1. The summed E-state index contributed by atoms with van der Waals surface area (Å²) in [6.45, 7) is 1.81. The Morgan fingerprint density at radius 1 is 0.957 bits per heavy atom. The number of hydrogen-bond acceptors (Lipinski definition) is 3. The summed E-state index contributed by atoms with van der Waals surface area (Å²) in [5.41, 5.74) is 0.418. The first-order valence-corrected chi connectivity index (χ1v) is 7.89. The maximum atomic E-state index is 12.5. The molecule has 1 aromatic heterocycles. The Labute approximate surface area is 143 Å². The number of piperazine rings is 1. The number of amides is 2. The highest BCUT2D eigenvalue weighted by atomic mass is 35.5. The lowest BCUT2D eigenvalue weighted by Crippen LogP contribution is -2.50. The van der Waals surface area contributed by atoms with Crippen LogP contribution in [-0.4, -0.2) is 47.8 Å². The first kappa shape index (κ1) is 15.9. The molecule has 0 spiro atoms. The number of nitrogens with zero attached hydrogens (tertiary/aromatic N) is 2. The van der Waals surface area contributed by atoms with Gasteiger partial charge >= 0.3 is 0 Å². The van der Waals surface area contributed by atoms with Crippen molar-refractivity contribution in [1.82, 2.24) is 9.80 Å². The van der Waals surface area contributed by atoms with Gasteiger partial charge in [-0.2, -0.15) is 0 Å². The van der Waals surface area contributed by atoms with Crippen LogP contribution in [0.2, 0.25) is 10.0 Å². The molecule has 120 valence electrons. The molecule has 7 heteroatoms. The van der Waals surface area contributed by atoms with Crippen LogP contribution in [0.5, 0.6) is 0 Å². The van der Waals surface area contributed by atoms with Gasteiger partial charge in [-0.3, -0.25) is 9.59 Å². The zero-order valence-electron chi connectivity index (χ0n) is 12.2. The molecular weight excluding hydrogens is 339 g/mol. The van der Waals surface area contributed by atoms with Gasteiger partial charge in [-0.05, 0) is 30.3 Å². The van der Waals surface area contributed by atoms with Crippen molar-refractivity contribution >= 4 is 35.0 Å². The molecule has 5 nitrogen and oxygen atoms in total. The standard InChI is InChI=1S/C16H14Cl2N2O3/c17-11-3-4-12(13(18)10-11)15(21)19-5-7-20(8-6-19)16(22)14-2-1-9-23-14/h1-4,9-10H,5-8H2. The smallest absolute Gasteiger partial charge is 0.289 e. The normalized spacial score (nSPS) is 14.9. The summed E-state index contributed by atoms with van der Waals surface area (Å²) in [6, 6.07) is 8.11. The van der Waals surface area contributed by atoms with Gasteiger partial charge in [0.1, 0.15) is 0 Å². The monoisotopic (exact) mass is 352 g/mol. The fraction of sp³-hybridized carbons (Fsp3) is 0.250. The third kappa shape index (κ3) is 3.35. The summed E-state index contributed by atoms with van der Waals surface area (Å²) in [6.07, 6.45) is 1.47. The number of halogens is 2. The lowest BCUT2D eigenvalue weighted by molar-refractivity contribution is 0.0518. The molecule has 1 aromatic carbocycles. The van der Waals surface area contributed by atoms with E-state index in [1.54, 1.807) is 40.1 Å². The molecule has 1 saturated heterocycles. The first-order chi connectivity index (χ1) is 11.1. The number of carbonyl (C=O) groups is 2. The van der Waals surface area contributed by atoms with Gasteiger partial charge < -0.3 is 14.2 Å². The molecule has 0 atom stereocenters. The van der Waals surface area contributed by atoms with E-state index in [0.717, 1.165) is 0 Å². The minimum Gasteiger partial charge on any atom is -0.459 e. The van der Waals surface area contributed by atoms with Crippen LogP contribution in [0.1, 0.15) is 20.9 Å². The van der Waals surface area contributed by atoms with E-state index in [4.69, 9.17) is 27.6 Å². The Morgan fingerprint density at radius 2 is 1.61 bits per heavy atom. The van der Waals surface area contributed by atoms with E-state index in [1.807, 2.05) is 0 Å². The van der Waals surface area contributed by atoms with E-state index in [1.165, 1.54) is 6.26 Å². The Bertz CT molecular complexity index is 723. The highest BCUT2D eigenvalue weighted by Gasteiger charge is 2.27. The van der Waals surface area contributed by atoms with Gasteiger partial charge in [-0.1, -0.05) is 23.2 Å². The SMILES string of the molecule is O=C(c1ccco1)N1CCN(C(=O)c2ccc(Cl)cc2Cl)CC1. The molecule has 1 fully saturated rings. The average Bonchev–Trinajstić information content (AvgIpc) is 3.08. The molecule has 0 N–H and O–H groups in total. The van der Waals surface area contributed by atoms with Crippen LogP contribution in [-0.2, 0) is 0 Å². The number of rotatable bonds is 2. The zero-order chi connectivity index (χ0) is 16.4. The predicted octanol–water partition coefficient (Wildman–Crippen LogP) is 3.18. The maximum absolute atomic E-state index is 12.5. The Hall–Kier alpha value is -1.98. The van der Waals surface area contributed by atoms with Crippen molar-refractivity contribution in [3.63, 3.8) is 0 Å². The quantitative estimate of drug-likeness (QED) is 0.833. The summed E-state index contributed by atoms with van der Waals surface area (Å²) in [7, 11) is 0. The van der Waals surface area contributed by atoms with E-state index in [-0.39, 0.29) is 11.8 Å². The second kappa shape index (κ2) is 6.64. The molecule has 0 unspecified atom stereocenters. The van der Waals surface area contributed by atoms with Crippen molar-refractivity contribution in [2.75, 3.05) is 26.2 Å². The van der Waals surface area contributed by atoms with E-state index >= 15 is 0 Å². The van der Waals surface area contributed by atoms with E-state index < -0.39 is 0 Å². The molecular formula is C16H14Cl2N2O3. The topological polar surface area (TPSA) is 53.8 Å². The molecule has 3 rings (SSSR count). The van der Waals surface area contributed by atoms with Crippen molar-refractivity contribution in [3.8, 4) is 0 Å². The molecule has 2 heterocycles. The van der Waals surface area contributed by atoms with Gasteiger partial charge in [0.15, 0.2) is 5.76 Å². The maximum Gasteiger partial charge on any atom is 0.289 e. The molecule has 0 aliphatic carbocycles. The van der Waals surface area contributed by atoms with E-state index in [2.05, 4.69) is 0 Å². The molecule has 1 aliphatic heterocycles. The van der Waals surface area contributed by atoms with Crippen LogP contribution >= 0.6 is 23.2 Å². The van der Waals surface area contributed by atoms with Crippen molar-refractivity contribution in [3.05, 3.63) is 58.0 Å². The summed E-state index contributed by atoms with van der Waals surface area (Å²) >= 11 is 11.9. The Morgan fingerprint density at radius 3 is 2.17 bits per heavy atom. The number of hydrogen-bond donors (Lipinski definition) is 0. The molecule has 23 heavy (non-hydrogen) atoms. The average molecular weight is 353 g/mol. The van der Waals surface area contributed by atoms with Gasteiger partial charge in [-0.25, -0.2) is 0 Å². The second-order valence-electron chi connectivity index (χ2n) is 5.19. The van der Waals surface area contributed by atoms with Gasteiger partial charge in [0.25, 0.3) is 11.8 Å². The second-order valence-corrected chi connectivity index (χ2v) is 6.03. The van der Waals surface area contributed by atoms with Crippen molar-refractivity contribution in [1.29, 1.82) is 0 Å². The van der Waals surface area contributed by atoms with Crippen molar-refractivity contribution in [2.24, 2.45) is 0 Å². The minimum atomic E-state index is -0.161. The molecule has 2 aromatic rings. The summed E-state index contributed by atoms with van der Waals surface area (Å²) in [5.74, 6) is -0.00564. The molecule has 1 aliphatic rings. The van der Waals surface area contributed by atoms with E-state index in [9.17, 15) is 9.59 Å². The Balaban J connectivity index is 1.64. The molecule has 0 radical (unpaired) electrons. The highest BCUT2D eigenvalue weighted by Crippen LogP contribution is 2.23. The fourth-order valence-corrected chi connectivity index (χ4v) is 2.99. The predicted molar refractivity (Wildman–Crippen MR) is 87.0 cm³/mol. The summed E-state index contributed by atoms with van der Waals surface area (Å²) in [4.78, 5) is 28.1. The zero-order valence-corrected chi connectivity index (χ0v) is 13.7. The van der Waals surface area contributed by atoms with Crippen molar-refractivity contribution in [2.45, 2.75) is 0 Å². The third-order valence-corrected chi connectivity index (χ3v) is 4.30. The van der Waals surface area contributed by atoms with Crippen LogP contribution < -0.4 is 0 Å². The number of furan rings is 1. The lowest BCUT2D eigenvalue weighted by atomic mass is 10.1. The van der Waals surface area contributed by atoms with Gasteiger partial charge in [0.05, 0.1) is 16.8 Å². The van der Waals surface area contributed by atoms with Gasteiger partial charge in [0, 0.05) is 31.2 Å². The van der Waals surface area contributed by atoms with E-state index in [0.29, 0.717) is 47.5 Å². The van der Waals surface area contributed by atoms with Crippen LogP contribution in [0.3, 0.4) is 0 Å². The summed E-state index contributed by atoms with van der Waals surface area (Å²) in [5, 5.41) is 0.817. The molecule has 2 amide bonds. The third-order valence-electron chi connectivity index (χ3n) is 3.75. The lowest BCUT2D eigenvalue weighted by Gasteiger charge is -2.34. The Kier molecular flexibility index (Phi) is 4.59. The van der Waals surface area contributed by atoms with Crippen LogP contribution in [0.4, 0.5) is 0 Å². The largest absolute Gasteiger partial charge is 0.459 e. The van der Waals surface area contributed by atoms with Crippen LogP contribution in [0, 0.1) is 0 Å². The fourth-order valence-electron chi connectivity index (χ4n) is 2.50. The highest BCUT2D eigenvalue weighted by molar-refractivity contribution is 6.36. The summed E-state index contributed by atoms with van der Waals surface area (Å²) < 4.78 is 5.12. The van der Waals surface area contributed by atoms with Crippen LogP contribution in [0.15, 0.2) is 41.0 Å². The molecule has 0 saturated carbocycles. The minimum absolute atomic E-state index is 0.156. The van der Waals surface area contributed by atoms with Gasteiger partial charge in [-0.15, -0.1) is 0 Å². The van der Waals surface area contributed by atoms with Gasteiger partial charge in [0.2, 0.25) is 0 Å². The van der Waals surface area contributed by atoms with Crippen molar-refractivity contribution < 1.29 is 14.0 Å². The molecule has 0 bridgehead atoms.